The first-order valence-corrected chi connectivity index (χ1v) is 27.1. The maximum Gasteiger partial charge on any atom is 0.417 e. The molecule has 384 valence electrons. The number of pyridine rings is 2. The molecule has 2 aromatic heterocycles. The lowest BCUT2D eigenvalue weighted by Crippen LogP contribution is -2.34. The molecule has 0 aliphatic rings. The first kappa shape index (κ1) is 57.9. The Bertz CT molecular complexity index is 3390. The third-order valence-corrected chi connectivity index (χ3v) is 16.2. The van der Waals surface area contributed by atoms with Gasteiger partial charge in [0.1, 0.15) is 24.8 Å². The molecule has 0 bridgehead atoms. The lowest BCUT2D eigenvalue weighted by Gasteiger charge is -2.25. The fourth-order valence-electron chi connectivity index (χ4n) is 6.44. The van der Waals surface area contributed by atoms with Crippen molar-refractivity contribution in [3.8, 4) is 0 Å². The number of anilines is 2. The molecule has 0 spiro atoms. The van der Waals surface area contributed by atoms with Crippen LogP contribution < -0.4 is 8.61 Å². The second-order valence-electron chi connectivity index (χ2n) is 14.5. The highest BCUT2D eigenvalue weighted by atomic mass is 35.5. The van der Waals surface area contributed by atoms with Crippen molar-refractivity contribution < 1.29 is 70.7 Å². The van der Waals surface area contributed by atoms with Crippen molar-refractivity contribution in [2.75, 3.05) is 48.8 Å². The second kappa shape index (κ2) is 23.0. The van der Waals surface area contributed by atoms with Crippen LogP contribution in [0.1, 0.15) is 43.2 Å². The summed E-state index contributed by atoms with van der Waals surface area (Å²) in [6, 6.07) is 18.2. The topological polar surface area (TPSA) is 187 Å². The third-order valence-electron chi connectivity index (χ3n) is 9.67. The molecule has 0 aliphatic carbocycles. The first-order chi connectivity index (χ1) is 33.5. The summed E-state index contributed by atoms with van der Waals surface area (Å²) in [5.41, 5.74) is -4.29. The largest absolute Gasteiger partial charge is 0.417 e. The Morgan fingerprint density at radius 3 is 1.38 bits per heavy atom. The van der Waals surface area contributed by atoms with E-state index in [1.807, 2.05) is 0 Å². The van der Waals surface area contributed by atoms with E-state index < -0.39 is 110 Å². The van der Waals surface area contributed by atoms with Crippen molar-refractivity contribution in [1.82, 2.24) is 9.97 Å². The molecule has 6 aromatic rings. The maximum atomic E-state index is 13.5. The van der Waals surface area contributed by atoms with E-state index in [2.05, 4.69) is 9.97 Å². The van der Waals surface area contributed by atoms with Crippen molar-refractivity contribution >= 4 is 111 Å². The Kier molecular flexibility index (Phi) is 18.5. The molecular weight excluding hydrogens is 1130 g/mol. The van der Waals surface area contributed by atoms with E-state index in [0.29, 0.717) is 25.6 Å². The van der Waals surface area contributed by atoms with E-state index in [-0.39, 0.29) is 37.4 Å². The molecule has 0 saturated carbocycles. The number of sulfone groups is 1. The highest BCUT2D eigenvalue weighted by Crippen LogP contribution is 2.40. The molecule has 0 saturated heterocycles. The van der Waals surface area contributed by atoms with Gasteiger partial charge in [-0.1, -0.05) is 70.7 Å². The van der Waals surface area contributed by atoms with Crippen LogP contribution in [0.25, 0.3) is 0 Å². The number of ketones is 2. The number of aromatic nitrogens is 2. The van der Waals surface area contributed by atoms with Crippen LogP contribution >= 0.6 is 58.2 Å². The number of carbonyl (C=O) groups is 2. The molecule has 4 aromatic carbocycles. The Morgan fingerprint density at radius 2 is 0.986 bits per heavy atom. The van der Waals surface area contributed by atoms with Crippen LogP contribution in [0.5, 0.6) is 0 Å². The smallest absolute Gasteiger partial charge is 0.363 e. The fraction of sp³-hybridized carbons (Fsp3) is 0.182. The number of carbonyl (C=O) groups excluding carboxylic acids is 2. The minimum atomic E-state index is -4.96. The van der Waals surface area contributed by atoms with E-state index >= 15 is 0 Å². The Morgan fingerprint density at radius 1 is 0.597 bits per heavy atom. The van der Waals surface area contributed by atoms with Crippen molar-refractivity contribution in [3.05, 3.63) is 163 Å². The Balaban J connectivity index is 0.000000268. The van der Waals surface area contributed by atoms with Crippen molar-refractivity contribution in [2.45, 2.75) is 31.9 Å². The average Bonchev–Trinajstić information content (AvgIpc) is 3.31. The molecule has 6 rings (SSSR count). The van der Waals surface area contributed by atoms with Crippen LogP contribution in [0.15, 0.2) is 129 Å². The summed E-state index contributed by atoms with van der Waals surface area (Å²) >= 11 is 24.7. The molecule has 0 atom stereocenters. The number of ether oxygens (including phenoxy) is 2. The second-order valence-corrected chi connectivity index (χ2v) is 22.7. The molecule has 0 fully saturated rings. The number of sulfonamides is 2. The van der Waals surface area contributed by atoms with Crippen LogP contribution in [0.3, 0.4) is 0 Å². The summed E-state index contributed by atoms with van der Waals surface area (Å²) < 4.78 is 170. The zero-order chi connectivity index (χ0) is 53.7. The summed E-state index contributed by atoms with van der Waals surface area (Å²) in [5, 5.41) is -1.50. The number of rotatable bonds is 16. The van der Waals surface area contributed by atoms with Crippen LogP contribution in [0.4, 0.5) is 37.7 Å². The SMILES string of the molecule is COCN(c1cc(Cl)cnc1C(=O)c1ccccc1S(C)(=O)=O)S(=O)(=O)c1ccc(Cl)c(C(F)(F)F)c1.COCN(c1cc(Cl)cnc1C(=O)c1ccccc1SC)S(=O)(=O)c1ccc(Cl)c(C(F)(F)F)c1. The van der Waals surface area contributed by atoms with E-state index in [4.69, 9.17) is 55.9 Å². The van der Waals surface area contributed by atoms with Crippen molar-refractivity contribution in [3.63, 3.8) is 0 Å². The standard InChI is InChI=1S/C22H17Cl2F3N2O6S2.C22H17Cl2F3N2O4S2/c1-35-12-29(37(33,34)14-7-8-17(24)16(10-14)22(25,26)27)18-9-13(23)11-28-20(18)21(30)15-5-3-4-6-19(15)36(2,31)32;1-33-12-29(35(31,32)14-7-8-17(24)16(10-14)22(25,26)27)18-9-13(23)11-28-20(18)21(30)15-5-3-4-6-19(15)34-2/h3-11H,12H2,1-2H3;3-11H,12H2,1-2H3. The van der Waals surface area contributed by atoms with Gasteiger partial charge in [-0.05, 0) is 79.1 Å². The molecule has 72 heavy (non-hydrogen) atoms. The van der Waals surface area contributed by atoms with Gasteiger partial charge in [0.25, 0.3) is 20.0 Å². The molecule has 0 radical (unpaired) electrons. The summed E-state index contributed by atoms with van der Waals surface area (Å²) in [6.07, 6.45) is -5.00. The number of benzene rings is 4. The fourth-order valence-corrected chi connectivity index (χ4v) is 11.5. The van der Waals surface area contributed by atoms with Gasteiger partial charge in [0.15, 0.2) is 9.84 Å². The third kappa shape index (κ3) is 13.0. The van der Waals surface area contributed by atoms with Gasteiger partial charge in [-0.3, -0.25) is 9.59 Å². The normalized spacial score (nSPS) is 12.2. The van der Waals surface area contributed by atoms with Gasteiger partial charge in [0.05, 0.1) is 57.3 Å². The number of halogens is 10. The van der Waals surface area contributed by atoms with Crippen LogP contribution in [0.2, 0.25) is 20.1 Å². The lowest BCUT2D eigenvalue weighted by atomic mass is 10.1. The van der Waals surface area contributed by atoms with E-state index in [9.17, 15) is 61.2 Å². The van der Waals surface area contributed by atoms with Gasteiger partial charge in [-0.25, -0.2) is 43.8 Å². The zero-order valence-electron chi connectivity index (χ0n) is 37.1. The molecule has 2 heterocycles. The number of methoxy groups -OCH3 is 2. The van der Waals surface area contributed by atoms with Gasteiger partial charge >= 0.3 is 12.4 Å². The minimum Gasteiger partial charge on any atom is -0.363 e. The van der Waals surface area contributed by atoms with Crippen LogP contribution in [-0.4, -0.2) is 87.0 Å². The van der Waals surface area contributed by atoms with Crippen molar-refractivity contribution in [1.29, 1.82) is 0 Å². The molecule has 0 N–H and O–H groups in total. The van der Waals surface area contributed by atoms with Crippen LogP contribution in [-0.2, 0) is 51.7 Å². The minimum absolute atomic E-state index is 0.00177. The molecular formula is C44H34Cl4F6N4O10S4. The van der Waals surface area contributed by atoms with Crippen LogP contribution in [0, 0.1) is 0 Å². The Labute approximate surface area is 432 Å². The predicted octanol–water partition coefficient (Wildman–Crippen LogP) is 11.0. The summed E-state index contributed by atoms with van der Waals surface area (Å²) in [4.78, 5) is 33.6. The van der Waals surface area contributed by atoms with Gasteiger partial charge in [-0.15, -0.1) is 11.8 Å². The van der Waals surface area contributed by atoms with E-state index in [0.717, 1.165) is 49.9 Å². The van der Waals surface area contributed by atoms with Crippen molar-refractivity contribution in [2.24, 2.45) is 0 Å². The number of thioether (sulfide) groups is 1. The van der Waals surface area contributed by atoms with Gasteiger partial charge < -0.3 is 9.47 Å². The maximum absolute atomic E-state index is 13.5. The average molecular weight is 1160 g/mol. The monoisotopic (exact) mass is 1160 g/mol. The highest BCUT2D eigenvalue weighted by molar-refractivity contribution is 7.98. The summed E-state index contributed by atoms with van der Waals surface area (Å²) in [6.45, 7) is -1.40. The Hall–Kier alpha value is -5.02. The highest BCUT2D eigenvalue weighted by Gasteiger charge is 2.39. The van der Waals surface area contributed by atoms with Gasteiger partial charge in [0.2, 0.25) is 11.6 Å². The first-order valence-electron chi connectivity index (χ1n) is 19.6. The van der Waals surface area contributed by atoms with E-state index in [1.165, 1.54) is 55.4 Å². The van der Waals surface area contributed by atoms with Gasteiger partial charge in [0, 0.05) is 48.9 Å². The summed E-state index contributed by atoms with van der Waals surface area (Å²) in [5.74, 6) is -1.58. The quantitative estimate of drug-likeness (QED) is 0.0386. The zero-order valence-corrected chi connectivity index (χ0v) is 43.4. The molecule has 0 aliphatic heterocycles. The molecule has 28 heteroatoms. The molecule has 0 amide bonds. The lowest BCUT2D eigenvalue weighted by molar-refractivity contribution is -0.138. The van der Waals surface area contributed by atoms with Gasteiger partial charge in [-0.2, -0.15) is 26.3 Å². The van der Waals surface area contributed by atoms with E-state index in [1.54, 1.807) is 30.5 Å². The number of nitrogens with zero attached hydrogens (tertiary/aromatic N) is 4. The molecule has 0 unspecified atom stereocenters. The summed E-state index contributed by atoms with van der Waals surface area (Å²) in [7, 11) is -11.1. The predicted molar refractivity (Wildman–Crippen MR) is 259 cm³/mol. The number of alkyl halides is 6. The number of hydrogen-bond acceptors (Lipinski definition) is 13. The number of hydrogen-bond donors (Lipinski definition) is 0. The molecule has 14 nitrogen and oxygen atoms in total.